The van der Waals surface area contributed by atoms with Gasteiger partial charge in [-0.1, -0.05) is 13.2 Å². The van der Waals surface area contributed by atoms with Crippen LogP contribution in [0.25, 0.3) is 0 Å². The largest absolute Gasteiger partial charge is 0.461 e. The van der Waals surface area contributed by atoms with Crippen LogP contribution < -0.4 is 0 Å². The average molecular weight is 432 g/mol. The summed E-state index contributed by atoms with van der Waals surface area (Å²) in [5, 5.41) is 0. The molecule has 12 nitrogen and oxygen atoms in total. The van der Waals surface area contributed by atoms with Crippen LogP contribution >= 0.6 is 0 Å². The van der Waals surface area contributed by atoms with Crippen LogP contribution in [-0.2, 0) is 38.0 Å². The Balaban J connectivity index is 4.31. The van der Waals surface area contributed by atoms with Gasteiger partial charge in [-0.15, -0.1) is 0 Å². The van der Waals surface area contributed by atoms with E-state index in [1.807, 2.05) is 0 Å². The number of hydrogen-bond acceptors (Lipinski definition) is 10. The Hall–Kier alpha value is -3.12. The molecule has 0 radical (unpaired) electrons. The predicted octanol–water partition coefficient (Wildman–Crippen LogP) is 0.530. The molecule has 0 N–H and O–H groups in total. The number of nitrogens with zero attached hydrogens (tertiary/aromatic N) is 2. The summed E-state index contributed by atoms with van der Waals surface area (Å²) in [4.78, 5) is 48.4. The number of carbonyl (C=O) groups excluding carboxylic acids is 4. The molecule has 0 aliphatic carbocycles. The van der Waals surface area contributed by atoms with Crippen molar-refractivity contribution in [3.05, 3.63) is 25.3 Å². The Morgan fingerprint density at radius 2 is 1.03 bits per heavy atom. The van der Waals surface area contributed by atoms with Crippen LogP contribution in [-0.4, -0.2) is 101 Å². The van der Waals surface area contributed by atoms with Gasteiger partial charge in [0.2, 0.25) is 0 Å². The summed E-state index contributed by atoms with van der Waals surface area (Å²) in [5.41, 5.74) is 0. The number of rotatable bonds is 15. The molecule has 0 fully saturated rings. The standard InChI is InChI=1S/C18H28N2O10/c1-5-15(21)27-9-7-19(13-25-3)17(23)29-11-12-30-18(24)20(14-26-4)8-10-28-16(22)6-2/h5-6H,1-2,7-14H2,3-4H3. The molecular weight excluding hydrogens is 404 g/mol. The summed E-state index contributed by atoms with van der Waals surface area (Å²) in [6.07, 6.45) is 0.521. The smallest absolute Gasteiger partial charge is 0.411 e. The van der Waals surface area contributed by atoms with Crippen molar-refractivity contribution in [2.24, 2.45) is 0 Å². The molecule has 170 valence electrons. The van der Waals surface area contributed by atoms with Crippen molar-refractivity contribution < 1.29 is 47.6 Å². The molecule has 2 amide bonds. The van der Waals surface area contributed by atoms with Gasteiger partial charge in [0.25, 0.3) is 0 Å². The first-order valence-corrected chi connectivity index (χ1v) is 8.79. The molecule has 0 atom stereocenters. The summed E-state index contributed by atoms with van der Waals surface area (Å²) >= 11 is 0. The van der Waals surface area contributed by atoms with Crippen molar-refractivity contribution in [1.82, 2.24) is 9.80 Å². The molecule has 0 aromatic carbocycles. The highest BCUT2D eigenvalue weighted by molar-refractivity contribution is 5.81. The topological polar surface area (TPSA) is 130 Å². The molecule has 0 aromatic heterocycles. The van der Waals surface area contributed by atoms with Crippen molar-refractivity contribution in [3.8, 4) is 0 Å². The molecule has 0 saturated carbocycles. The van der Waals surface area contributed by atoms with Crippen LogP contribution in [0, 0.1) is 0 Å². The molecule has 0 aliphatic heterocycles. The van der Waals surface area contributed by atoms with Crippen LogP contribution in [0.4, 0.5) is 9.59 Å². The van der Waals surface area contributed by atoms with Crippen molar-refractivity contribution in [2.45, 2.75) is 0 Å². The van der Waals surface area contributed by atoms with Crippen LogP contribution in [0.1, 0.15) is 0 Å². The molecule has 0 saturated heterocycles. The van der Waals surface area contributed by atoms with E-state index in [4.69, 9.17) is 28.4 Å². The van der Waals surface area contributed by atoms with Crippen LogP contribution in [0.2, 0.25) is 0 Å². The zero-order valence-corrected chi connectivity index (χ0v) is 17.2. The number of methoxy groups -OCH3 is 2. The van der Waals surface area contributed by atoms with Gasteiger partial charge in [-0.3, -0.25) is 9.80 Å². The van der Waals surface area contributed by atoms with Gasteiger partial charge in [-0.25, -0.2) is 19.2 Å². The summed E-state index contributed by atoms with van der Waals surface area (Å²) in [6, 6.07) is 0. The van der Waals surface area contributed by atoms with Crippen LogP contribution in [0.5, 0.6) is 0 Å². The summed E-state index contributed by atoms with van der Waals surface area (Å²) < 4.78 is 29.4. The van der Waals surface area contributed by atoms with Gasteiger partial charge >= 0.3 is 24.1 Å². The maximum atomic E-state index is 12.0. The molecule has 12 heteroatoms. The van der Waals surface area contributed by atoms with Gasteiger partial charge in [0.15, 0.2) is 0 Å². The zero-order valence-electron chi connectivity index (χ0n) is 17.2. The number of amides is 2. The second kappa shape index (κ2) is 16.8. The lowest BCUT2D eigenvalue weighted by Crippen LogP contribution is -2.38. The SMILES string of the molecule is C=CC(=O)OCCN(COC)C(=O)OCCOC(=O)N(CCOC(=O)C=C)COC. The van der Waals surface area contributed by atoms with Gasteiger partial charge in [0.05, 0.1) is 13.1 Å². The molecule has 0 bridgehead atoms. The fraction of sp³-hybridized carbons (Fsp3) is 0.556. The first-order valence-electron chi connectivity index (χ1n) is 8.79. The van der Waals surface area contributed by atoms with Crippen LogP contribution in [0.15, 0.2) is 25.3 Å². The van der Waals surface area contributed by atoms with E-state index < -0.39 is 24.1 Å². The normalized spacial score (nSPS) is 9.80. The molecule has 0 aromatic rings. The lowest BCUT2D eigenvalue weighted by molar-refractivity contribution is -0.139. The summed E-state index contributed by atoms with van der Waals surface area (Å²) in [7, 11) is 2.77. The third-order valence-corrected chi connectivity index (χ3v) is 3.17. The van der Waals surface area contributed by atoms with Crippen molar-refractivity contribution in [3.63, 3.8) is 0 Å². The van der Waals surface area contributed by atoms with Crippen molar-refractivity contribution in [2.75, 3.05) is 67.2 Å². The fourth-order valence-corrected chi connectivity index (χ4v) is 1.80. The lowest BCUT2D eigenvalue weighted by atomic mass is 10.6. The third-order valence-electron chi connectivity index (χ3n) is 3.17. The van der Waals surface area contributed by atoms with E-state index in [1.54, 1.807) is 0 Å². The minimum absolute atomic E-state index is 0.0388. The average Bonchev–Trinajstić information content (AvgIpc) is 2.74. The number of carbonyl (C=O) groups is 4. The highest BCUT2D eigenvalue weighted by Gasteiger charge is 2.17. The molecule has 0 spiro atoms. The van der Waals surface area contributed by atoms with E-state index >= 15 is 0 Å². The van der Waals surface area contributed by atoms with Crippen molar-refractivity contribution in [1.29, 1.82) is 0 Å². The van der Waals surface area contributed by atoms with E-state index in [-0.39, 0.29) is 53.0 Å². The van der Waals surface area contributed by atoms with Gasteiger partial charge < -0.3 is 28.4 Å². The van der Waals surface area contributed by atoms with Gasteiger partial charge in [-0.2, -0.15) is 0 Å². The van der Waals surface area contributed by atoms with E-state index in [1.165, 1.54) is 14.2 Å². The number of esters is 2. The monoisotopic (exact) mass is 432 g/mol. The summed E-state index contributed by atoms with van der Waals surface area (Å²) in [6.45, 7) is 5.85. The minimum Gasteiger partial charge on any atom is -0.461 e. The fourth-order valence-electron chi connectivity index (χ4n) is 1.80. The van der Waals surface area contributed by atoms with Crippen LogP contribution in [0.3, 0.4) is 0 Å². The molecular formula is C18H28N2O10. The maximum Gasteiger partial charge on any atom is 0.411 e. The van der Waals surface area contributed by atoms with E-state index in [2.05, 4.69) is 13.2 Å². The second-order valence-corrected chi connectivity index (χ2v) is 5.33. The van der Waals surface area contributed by atoms with E-state index in [0.29, 0.717) is 0 Å². The Morgan fingerprint density at radius 3 is 1.33 bits per heavy atom. The third kappa shape index (κ3) is 12.4. The molecule has 0 heterocycles. The Bertz CT molecular complexity index is 531. The Kier molecular flexibility index (Phi) is 15.1. The first kappa shape index (κ1) is 26.9. The Morgan fingerprint density at radius 1 is 0.667 bits per heavy atom. The Labute approximate surface area is 174 Å². The molecule has 0 rings (SSSR count). The molecule has 0 unspecified atom stereocenters. The quantitative estimate of drug-likeness (QED) is 0.119. The maximum absolute atomic E-state index is 12.0. The lowest BCUT2D eigenvalue weighted by Gasteiger charge is -2.22. The van der Waals surface area contributed by atoms with Gasteiger partial charge in [0, 0.05) is 26.4 Å². The van der Waals surface area contributed by atoms with Crippen molar-refractivity contribution >= 4 is 24.1 Å². The van der Waals surface area contributed by atoms with E-state index in [9.17, 15) is 19.2 Å². The predicted molar refractivity (Wildman–Crippen MR) is 102 cm³/mol. The highest BCUT2D eigenvalue weighted by Crippen LogP contribution is 1.99. The molecule has 30 heavy (non-hydrogen) atoms. The second-order valence-electron chi connectivity index (χ2n) is 5.33. The van der Waals surface area contributed by atoms with Gasteiger partial charge in [-0.05, 0) is 0 Å². The van der Waals surface area contributed by atoms with E-state index in [0.717, 1.165) is 22.0 Å². The van der Waals surface area contributed by atoms with Gasteiger partial charge in [0.1, 0.15) is 39.9 Å². The highest BCUT2D eigenvalue weighted by atomic mass is 16.6. The minimum atomic E-state index is -0.743. The summed E-state index contributed by atoms with van der Waals surface area (Å²) in [5.74, 6) is -1.24. The zero-order chi connectivity index (χ0) is 22.8. The first-order chi connectivity index (χ1) is 14.4. The number of hydrogen-bond donors (Lipinski definition) is 0. The molecule has 0 aliphatic rings. The number of ether oxygens (including phenoxy) is 6.